The van der Waals surface area contributed by atoms with Gasteiger partial charge >= 0.3 is 0 Å². The lowest BCUT2D eigenvalue weighted by Gasteiger charge is -2.14. The van der Waals surface area contributed by atoms with Gasteiger partial charge in [0.25, 0.3) is 0 Å². The molecule has 17 heavy (non-hydrogen) atoms. The van der Waals surface area contributed by atoms with Gasteiger partial charge in [-0.1, -0.05) is 12.8 Å². The number of rotatable bonds is 6. The summed E-state index contributed by atoms with van der Waals surface area (Å²) in [6.07, 6.45) is 11.8. The Kier molecular flexibility index (Phi) is 4.92. The van der Waals surface area contributed by atoms with E-state index in [1.54, 1.807) is 0 Å². The third kappa shape index (κ3) is 4.36. The molecule has 2 N–H and O–H groups in total. The van der Waals surface area contributed by atoms with Crippen molar-refractivity contribution in [3.05, 3.63) is 18.0 Å². The molecule has 1 saturated carbocycles. The lowest BCUT2D eigenvalue weighted by Crippen LogP contribution is -2.24. The van der Waals surface area contributed by atoms with Gasteiger partial charge in [-0.05, 0) is 31.2 Å². The van der Waals surface area contributed by atoms with Gasteiger partial charge in [-0.25, -0.2) is 0 Å². The maximum atomic E-state index is 6.16. The number of aryl methyl sites for hydroxylation is 2. The van der Waals surface area contributed by atoms with Gasteiger partial charge in [0.2, 0.25) is 0 Å². The molecule has 0 aliphatic heterocycles. The predicted molar refractivity (Wildman–Crippen MR) is 74.2 cm³/mol. The number of aromatic nitrogens is 2. The van der Waals surface area contributed by atoms with Crippen molar-refractivity contribution in [2.45, 2.75) is 49.8 Å². The normalized spacial score (nSPS) is 18.7. The van der Waals surface area contributed by atoms with E-state index in [2.05, 4.69) is 23.1 Å². The third-order valence-corrected chi connectivity index (χ3v) is 4.97. The maximum absolute atomic E-state index is 6.16. The first-order chi connectivity index (χ1) is 8.24. The Morgan fingerprint density at radius 1 is 1.53 bits per heavy atom. The van der Waals surface area contributed by atoms with E-state index in [4.69, 9.17) is 5.73 Å². The molecule has 96 valence electrons. The molecule has 0 aromatic carbocycles. The van der Waals surface area contributed by atoms with E-state index in [0.29, 0.717) is 6.04 Å². The SMILES string of the molecule is Cn1cc(CCC(N)CSC2CCCC2)cn1. The average molecular weight is 253 g/mol. The minimum absolute atomic E-state index is 0.334. The standard InChI is InChI=1S/C13H23N3S/c1-16-9-11(8-15-16)6-7-12(14)10-17-13-4-2-3-5-13/h8-9,12-13H,2-7,10,14H2,1H3. The first-order valence-corrected chi connectivity index (χ1v) is 7.63. The number of nitrogens with two attached hydrogens (primary N) is 1. The smallest absolute Gasteiger partial charge is 0.0521 e. The van der Waals surface area contributed by atoms with Crippen molar-refractivity contribution in [1.82, 2.24) is 9.78 Å². The van der Waals surface area contributed by atoms with Gasteiger partial charge in [-0.15, -0.1) is 0 Å². The van der Waals surface area contributed by atoms with Crippen LogP contribution in [0.4, 0.5) is 0 Å². The Balaban J connectivity index is 1.61. The lowest BCUT2D eigenvalue weighted by atomic mass is 10.1. The van der Waals surface area contributed by atoms with E-state index in [9.17, 15) is 0 Å². The van der Waals surface area contributed by atoms with Crippen LogP contribution in [0.1, 0.15) is 37.7 Å². The first-order valence-electron chi connectivity index (χ1n) is 6.59. The molecule has 1 heterocycles. The largest absolute Gasteiger partial charge is 0.327 e. The molecule has 0 spiro atoms. The molecule has 4 heteroatoms. The summed E-state index contributed by atoms with van der Waals surface area (Å²) in [6.45, 7) is 0. The highest BCUT2D eigenvalue weighted by Gasteiger charge is 2.16. The van der Waals surface area contributed by atoms with E-state index >= 15 is 0 Å². The zero-order valence-electron chi connectivity index (χ0n) is 10.6. The summed E-state index contributed by atoms with van der Waals surface area (Å²) in [6, 6.07) is 0.334. The van der Waals surface area contributed by atoms with E-state index in [1.165, 1.54) is 31.2 Å². The van der Waals surface area contributed by atoms with Crippen LogP contribution in [-0.4, -0.2) is 26.8 Å². The van der Waals surface area contributed by atoms with Crippen LogP contribution in [0.15, 0.2) is 12.4 Å². The zero-order chi connectivity index (χ0) is 12.1. The van der Waals surface area contributed by atoms with Crippen LogP contribution in [0.25, 0.3) is 0 Å². The molecule has 3 nitrogen and oxygen atoms in total. The van der Waals surface area contributed by atoms with Crippen molar-refractivity contribution in [2.24, 2.45) is 12.8 Å². The Morgan fingerprint density at radius 2 is 2.29 bits per heavy atom. The van der Waals surface area contributed by atoms with E-state index < -0.39 is 0 Å². The second-order valence-electron chi connectivity index (χ2n) is 5.06. The molecule has 0 bridgehead atoms. The molecule has 1 aliphatic rings. The summed E-state index contributed by atoms with van der Waals surface area (Å²) in [7, 11) is 1.96. The van der Waals surface area contributed by atoms with Gasteiger partial charge in [0.15, 0.2) is 0 Å². The van der Waals surface area contributed by atoms with Crippen LogP contribution >= 0.6 is 11.8 Å². The van der Waals surface area contributed by atoms with Crippen LogP contribution in [0, 0.1) is 0 Å². The van der Waals surface area contributed by atoms with Crippen LogP contribution in [0.3, 0.4) is 0 Å². The van der Waals surface area contributed by atoms with Gasteiger partial charge < -0.3 is 5.73 Å². The lowest BCUT2D eigenvalue weighted by molar-refractivity contribution is 0.672. The molecular weight excluding hydrogens is 230 g/mol. The molecule has 0 radical (unpaired) electrons. The van der Waals surface area contributed by atoms with E-state index in [0.717, 1.165) is 23.8 Å². The number of nitrogens with zero attached hydrogens (tertiary/aromatic N) is 2. The van der Waals surface area contributed by atoms with Gasteiger partial charge in [-0.3, -0.25) is 4.68 Å². The highest BCUT2D eigenvalue weighted by atomic mass is 32.2. The van der Waals surface area contributed by atoms with Crippen LogP contribution in [0.5, 0.6) is 0 Å². The second kappa shape index (κ2) is 6.45. The molecule has 1 aromatic rings. The minimum Gasteiger partial charge on any atom is -0.327 e. The molecule has 1 unspecified atom stereocenters. The van der Waals surface area contributed by atoms with Crippen molar-refractivity contribution in [3.63, 3.8) is 0 Å². The second-order valence-corrected chi connectivity index (χ2v) is 6.39. The van der Waals surface area contributed by atoms with Crippen molar-refractivity contribution < 1.29 is 0 Å². The number of thioether (sulfide) groups is 1. The number of hydrogen-bond acceptors (Lipinski definition) is 3. The Morgan fingerprint density at radius 3 is 2.94 bits per heavy atom. The summed E-state index contributed by atoms with van der Waals surface area (Å²) in [5.41, 5.74) is 7.46. The first kappa shape index (κ1) is 13.0. The Labute approximate surface area is 108 Å². The van der Waals surface area contributed by atoms with E-state index in [1.807, 2.05) is 17.9 Å². The maximum Gasteiger partial charge on any atom is 0.0521 e. The quantitative estimate of drug-likeness (QED) is 0.846. The fraction of sp³-hybridized carbons (Fsp3) is 0.769. The minimum atomic E-state index is 0.334. The van der Waals surface area contributed by atoms with Gasteiger partial charge in [0.05, 0.1) is 6.20 Å². The predicted octanol–water partition coefficient (Wildman–Crippen LogP) is 2.36. The van der Waals surface area contributed by atoms with Crippen LogP contribution in [0.2, 0.25) is 0 Å². The zero-order valence-corrected chi connectivity index (χ0v) is 11.5. The molecule has 2 rings (SSSR count). The molecule has 1 aromatic heterocycles. The summed E-state index contributed by atoms with van der Waals surface area (Å²) in [4.78, 5) is 0. The summed E-state index contributed by atoms with van der Waals surface area (Å²) >= 11 is 2.09. The fourth-order valence-corrected chi connectivity index (χ4v) is 3.70. The summed E-state index contributed by atoms with van der Waals surface area (Å²) < 4.78 is 1.86. The summed E-state index contributed by atoms with van der Waals surface area (Å²) in [5, 5.41) is 5.06. The fourth-order valence-electron chi connectivity index (χ4n) is 2.35. The molecule has 0 amide bonds. The van der Waals surface area contributed by atoms with Crippen molar-refractivity contribution in [1.29, 1.82) is 0 Å². The Hall–Kier alpha value is -0.480. The van der Waals surface area contributed by atoms with Crippen molar-refractivity contribution in [2.75, 3.05) is 5.75 Å². The monoisotopic (exact) mass is 253 g/mol. The molecular formula is C13H23N3S. The average Bonchev–Trinajstić information content (AvgIpc) is 2.95. The van der Waals surface area contributed by atoms with Gasteiger partial charge in [0, 0.05) is 30.3 Å². The van der Waals surface area contributed by atoms with Crippen molar-refractivity contribution >= 4 is 11.8 Å². The van der Waals surface area contributed by atoms with Crippen LogP contribution < -0.4 is 5.73 Å². The molecule has 0 saturated heterocycles. The third-order valence-electron chi connectivity index (χ3n) is 3.41. The van der Waals surface area contributed by atoms with Gasteiger partial charge in [-0.2, -0.15) is 16.9 Å². The molecule has 1 fully saturated rings. The van der Waals surface area contributed by atoms with E-state index in [-0.39, 0.29) is 0 Å². The van der Waals surface area contributed by atoms with Crippen LogP contribution in [-0.2, 0) is 13.5 Å². The topological polar surface area (TPSA) is 43.8 Å². The molecule has 1 atom stereocenters. The highest BCUT2D eigenvalue weighted by molar-refractivity contribution is 7.99. The summed E-state index contributed by atoms with van der Waals surface area (Å²) in [5.74, 6) is 1.12. The van der Waals surface area contributed by atoms with Crippen molar-refractivity contribution in [3.8, 4) is 0 Å². The number of hydrogen-bond donors (Lipinski definition) is 1. The molecule has 1 aliphatic carbocycles. The highest BCUT2D eigenvalue weighted by Crippen LogP contribution is 2.29. The Bertz CT molecular complexity index is 331. The van der Waals surface area contributed by atoms with Gasteiger partial charge in [0.1, 0.15) is 0 Å².